The summed E-state index contributed by atoms with van der Waals surface area (Å²) in [4.78, 5) is 0. The van der Waals surface area contributed by atoms with Gasteiger partial charge < -0.3 is 15.5 Å². The van der Waals surface area contributed by atoms with Crippen LogP contribution in [0.4, 0.5) is 0 Å². The summed E-state index contributed by atoms with van der Waals surface area (Å²) in [7, 11) is 0. The van der Waals surface area contributed by atoms with E-state index in [9.17, 15) is 10.2 Å². The second kappa shape index (κ2) is 6.40. The molecule has 1 aromatic rings. The van der Waals surface area contributed by atoms with Crippen LogP contribution >= 0.6 is 0 Å². The summed E-state index contributed by atoms with van der Waals surface area (Å²) in [5, 5.41) is 23.5. The SMILES string of the molecule is Cc1ccc(C(C)NCC(C)(O)CC(C)C)c(O)c1. The monoisotopic (exact) mass is 265 g/mol. The number of aromatic hydroxyl groups is 1. The molecular weight excluding hydrogens is 238 g/mol. The standard InChI is InChI=1S/C16H27NO2/c1-11(2)9-16(5,19)10-17-13(4)14-7-6-12(3)8-15(14)18/h6-8,11,13,17-19H,9-10H2,1-5H3. The molecule has 0 aliphatic rings. The number of aryl methyl sites for hydroxylation is 1. The predicted octanol–water partition coefficient (Wildman–Crippen LogP) is 3.15. The summed E-state index contributed by atoms with van der Waals surface area (Å²) in [6.45, 7) is 10.5. The number of phenols is 1. The maximum Gasteiger partial charge on any atom is 0.120 e. The summed E-state index contributed by atoms with van der Waals surface area (Å²) >= 11 is 0. The van der Waals surface area contributed by atoms with Gasteiger partial charge in [-0.2, -0.15) is 0 Å². The van der Waals surface area contributed by atoms with E-state index in [2.05, 4.69) is 19.2 Å². The number of benzene rings is 1. The highest BCUT2D eigenvalue weighted by atomic mass is 16.3. The minimum Gasteiger partial charge on any atom is -0.508 e. The lowest BCUT2D eigenvalue weighted by atomic mass is 9.93. The number of hydrogen-bond donors (Lipinski definition) is 3. The van der Waals surface area contributed by atoms with Crippen molar-refractivity contribution in [2.24, 2.45) is 5.92 Å². The van der Waals surface area contributed by atoms with Crippen LogP contribution < -0.4 is 5.32 Å². The van der Waals surface area contributed by atoms with Gasteiger partial charge in [-0.25, -0.2) is 0 Å². The second-order valence-corrected chi connectivity index (χ2v) is 6.26. The third kappa shape index (κ3) is 5.21. The summed E-state index contributed by atoms with van der Waals surface area (Å²) in [5.74, 6) is 0.767. The van der Waals surface area contributed by atoms with E-state index in [1.807, 2.05) is 32.9 Å². The molecular formula is C16H27NO2. The van der Waals surface area contributed by atoms with Crippen molar-refractivity contribution in [2.75, 3.05) is 6.54 Å². The van der Waals surface area contributed by atoms with Crippen molar-refractivity contribution in [3.63, 3.8) is 0 Å². The van der Waals surface area contributed by atoms with Gasteiger partial charge in [-0.3, -0.25) is 0 Å². The molecule has 0 radical (unpaired) electrons. The fourth-order valence-corrected chi connectivity index (χ4v) is 2.45. The number of nitrogens with one attached hydrogen (secondary N) is 1. The third-order valence-corrected chi connectivity index (χ3v) is 3.29. The predicted molar refractivity (Wildman–Crippen MR) is 79.3 cm³/mol. The molecule has 0 saturated carbocycles. The average molecular weight is 265 g/mol. The maximum atomic E-state index is 10.3. The van der Waals surface area contributed by atoms with Crippen molar-refractivity contribution in [1.29, 1.82) is 0 Å². The molecule has 0 aromatic heterocycles. The molecule has 19 heavy (non-hydrogen) atoms. The summed E-state index contributed by atoms with van der Waals surface area (Å²) < 4.78 is 0. The van der Waals surface area contributed by atoms with Gasteiger partial charge in [-0.1, -0.05) is 26.0 Å². The van der Waals surface area contributed by atoms with Crippen molar-refractivity contribution in [3.8, 4) is 5.75 Å². The first-order valence-electron chi connectivity index (χ1n) is 6.96. The van der Waals surface area contributed by atoms with E-state index in [0.29, 0.717) is 18.2 Å². The first-order chi connectivity index (χ1) is 8.71. The zero-order valence-corrected chi connectivity index (χ0v) is 12.7. The van der Waals surface area contributed by atoms with Crippen LogP contribution in [0.1, 0.15) is 51.3 Å². The fourth-order valence-electron chi connectivity index (χ4n) is 2.45. The lowest BCUT2D eigenvalue weighted by molar-refractivity contribution is 0.0363. The molecule has 0 saturated heterocycles. The van der Waals surface area contributed by atoms with Crippen LogP contribution in [0.5, 0.6) is 5.75 Å². The van der Waals surface area contributed by atoms with E-state index in [4.69, 9.17) is 0 Å². The highest BCUT2D eigenvalue weighted by Crippen LogP contribution is 2.25. The molecule has 1 rings (SSSR count). The van der Waals surface area contributed by atoms with E-state index in [1.54, 1.807) is 6.07 Å². The van der Waals surface area contributed by atoms with E-state index in [0.717, 1.165) is 17.5 Å². The van der Waals surface area contributed by atoms with E-state index in [1.165, 1.54) is 0 Å². The Bertz CT molecular complexity index is 413. The van der Waals surface area contributed by atoms with Gasteiger partial charge in [0.25, 0.3) is 0 Å². The molecule has 108 valence electrons. The molecule has 3 N–H and O–H groups in total. The molecule has 2 atom stereocenters. The Balaban J connectivity index is 2.62. The Morgan fingerprint density at radius 1 is 1.26 bits per heavy atom. The van der Waals surface area contributed by atoms with E-state index >= 15 is 0 Å². The molecule has 0 aliphatic carbocycles. The van der Waals surface area contributed by atoms with Gasteiger partial charge in [0, 0.05) is 18.2 Å². The Labute approximate surface area is 116 Å². The molecule has 1 aromatic carbocycles. The van der Waals surface area contributed by atoms with Crippen LogP contribution in [0.15, 0.2) is 18.2 Å². The Hall–Kier alpha value is -1.06. The summed E-state index contributed by atoms with van der Waals surface area (Å²) in [6.07, 6.45) is 0.757. The van der Waals surface area contributed by atoms with Crippen molar-refractivity contribution in [3.05, 3.63) is 29.3 Å². The molecule has 0 spiro atoms. The molecule has 3 heteroatoms. The molecule has 0 heterocycles. The molecule has 0 aliphatic heterocycles. The number of rotatable bonds is 6. The first kappa shape index (κ1) is 16.0. The summed E-state index contributed by atoms with van der Waals surface area (Å²) in [6, 6.07) is 5.69. The lowest BCUT2D eigenvalue weighted by Gasteiger charge is -2.28. The number of phenolic OH excluding ortho intramolecular Hbond substituents is 1. The molecule has 3 nitrogen and oxygen atoms in total. The van der Waals surface area contributed by atoms with Gasteiger partial charge >= 0.3 is 0 Å². The summed E-state index contributed by atoms with van der Waals surface area (Å²) in [5.41, 5.74) is 1.19. The molecule has 2 unspecified atom stereocenters. The van der Waals surface area contributed by atoms with Crippen molar-refractivity contribution < 1.29 is 10.2 Å². The zero-order chi connectivity index (χ0) is 14.6. The highest BCUT2D eigenvalue weighted by molar-refractivity contribution is 5.37. The first-order valence-corrected chi connectivity index (χ1v) is 6.96. The Morgan fingerprint density at radius 3 is 2.42 bits per heavy atom. The van der Waals surface area contributed by atoms with Gasteiger partial charge in [-0.05, 0) is 44.7 Å². The van der Waals surface area contributed by atoms with Crippen LogP contribution in [0.25, 0.3) is 0 Å². The highest BCUT2D eigenvalue weighted by Gasteiger charge is 2.23. The Morgan fingerprint density at radius 2 is 1.89 bits per heavy atom. The van der Waals surface area contributed by atoms with Crippen molar-refractivity contribution in [2.45, 2.75) is 52.7 Å². The van der Waals surface area contributed by atoms with E-state index in [-0.39, 0.29) is 6.04 Å². The normalized spacial score (nSPS) is 16.4. The maximum absolute atomic E-state index is 10.3. The van der Waals surface area contributed by atoms with Crippen LogP contribution in [0, 0.1) is 12.8 Å². The van der Waals surface area contributed by atoms with Crippen molar-refractivity contribution >= 4 is 0 Å². The molecule has 0 amide bonds. The molecule has 0 bridgehead atoms. The third-order valence-electron chi connectivity index (χ3n) is 3.29. The number of hydrogen-bond acceptors (Lipinski definition) is 3. The van der Waals surface area contributed by atoms with Gasteiger partial charge in [0.1, 0.15) is 5.75 Å². The second-order valence-electron chi connectivity index (χ2n) is 6.26. The fraction of sp³-hybridized carbons (Fsp3) is 0.625. The largest absolute Gasteiger partial charge is 0.508 e. The minimum atomic E-state index is -0.720. The van der Waals surface area contributed by atoms with Crippen molar-refractivity contribution in [1.82, 2.24) is 5.32 Å². The van der Waals surface area contributed by atoms with Crippen LogP contribution in [0.3, 0.4) is 0 Å². The quantitative estimate of drug-likeness (QED) is 0.740. The smallest absolute Gasteiger partial charge is 0.120 e. The number of aliphatic hydroxyl groups is 1. The van der Waals surface area contributed by atoms with Crippen LogP contribution in [-0.2, 0) is 0 Å². The minimum absolute atomic E-state index is 0.0132. The average Bonchev–Trinajstić information content (AvgIpc) is 2.24. The topological polar surface area (TPSA) is 52.5 Å². The zero-order valence-electron chi connectivity index (χ0n) is 12.7. The van der Waals surface area contributed by atoms with Crippen LogP contribution in [-0.4, -0.2) is 22.4 Å². The van der Waals surface area contributed by atoms with Gasteiger partial charge in [-0.15, -0.1) is 0 Å². The van der Waals surface area contributed by atoms with Gasteiger partial charge in [0.2, 0.25) is 0 Å². The van der Waals surface area contributed by atoms with Crippen LogP contribution in [0.2, 0.25) is 0 Å². The molecule has 0 fully saturated rings. The van der Waals surface area contributed by atoms with E-state index < -0.39 is 5.60 Å². The van der Waals surface area contributed by atoms with Gasteiger partial charge in [0.15, 0.2) is 0 Å². The van der Waals surface area contributed by atoms with Gasteiger partial charge in [0.05, 0.1) is 5.60 Å². The Kier molecular flexibility index (Phi) is 5.39. The lowest BCUT2D eigenvalue weighted by Crippen LogP contribution is -2.39.